The van der Waals surface area contributed by atoms with Crippen molar-refractivity contribution in [2.75, 3.05) is 30.0 Å². The summed E-state index contributed by atoms with van der Waals surface area (Å²) in [5.41, 5.74) is 7.99. The fourth-order valence-electron chi connectivity index (χ4n) is 4.02. The first-order chi connectivity index (χ1) is 13.5. The van der Waals surface area contributed by atoms with E-state index in [0.717, 1.165) is 43.9 Å². The van der Waals surface area contributed by atoms with Gasteiger partial charge in [0.05, 0.1) is 17.8 Å². The number of nitrogens with zero attached hydrogens (tertiary/aromatic N) is 1. The number of hydrogen-bond acceptors (Lipinski definition) is 4. The van der Waals surface area contributed by atoms with Crippen molar-refractivity contribution in [2.45, 2.75) is 57.4 Å². The lowest BCUT2D eigenvalue weighted by Gasteiger charge is -2.37. The molecule has 0 aromatic heterocycles. The molecule has 2 aliphatic rings. The minimum Gasteiger partial charge on any atom is -0.481 e. The monoisotopic (exact) mass is 389 g/mol. The summed E-state index contributed by atoms with van der Waals surface area (Å²) >= 11 is 0. The maximum absolute atomic E-state index is 11.7. The van der Waals surface area contributed by atoms with Gasteiger partial charge in [0.15, 0.2) is 0 Å². The van der Waals surface area contributed by atoms with Crippen molar-refractivity contribution in [1.29, 1.82) is 0 Å². The number of nitrogens with one attached hydrogen (secondary N) is 1. The number of amides is 2. The molecule has 4 N–H and O–H groups in total. The number of primary amides is 1. The molecule has 1 aromatic rings. The van der Waals surface area contributed by atoms with Gasteiger partial charge in [-0.05, 0) is 61.6 Å². The number of carboxylic acids is 1. The normalized spacial score (nSPS) is 18.5. The number of benzene rings is 1. The summed E-state index contributed by atoms with van der Waals surface area (Å²) in [6.07, 6.45) is 5.19. The number of carbonyl (C=O) groups is 2. The molecule has 7 heteroatoms. The number of ether oxygens (including phenoxy) is 1. The Morgan fingerprint density at radius 3 is 2.57 bits per heavy atom. The summed E-state index contributed by atoms with van der Waals surface area (Å²) in [5, 5.41) is 12.0. The molecule has 1 aromatic carbocycles. The number of rotatable bonds is 9. The average Bonchev–Trinajstić information content (AvgIpc) is 3.49. The third-order valence-corrected chi connectivity index (χ3v) is 5.76. The van der Waals surface area contributed by atoms with E-state index in [1.165, 1.54) is 12.8 Å². The molecular formula is C21H31N3O4. The van der Waals surface area contributed by atoms with E-state index in [0.29, 0.717) is 24.1 Å². The lowest BCUT2D eigenvalue weighted by molar-refractivity contribution is -0.137. The van der Waals surface area contributed by atoms with E-state index in [1.807, 2.05) is 25.1 Å². The molecule has 1 aliphatic carbocycles. The zero-order valence-corrected chi connectivity index (χ0v) is 16.5. The summed E-state index contributed by atoms with van der Waals surface area (Å²) in [5.74, 6) is -0.225. The van der Waals surface area contributed by atoms with Gasteiger partial charge >= 0.3 is 12.0 Å². The molecule has 7 nitrogen and oxygen atoms in total. The second-order valence-corrected chi connectivity index (χ2v) is 7.91. The highest BCUT2D eigenvalue weighted by Crippen LogP contribution is 2.38. The van der Waals surface area contributed by atoms with Crippen molar-refractivity contribution in [3.8, 4) is 0 Å². The predicted molar refractivity (Wildman–Crippen MR) is 109 cm³/mol. The molecule has 0 spiro atoms. The first-order valence-corrected chi connectivity index (χ1v) is 10.2. The Hall–Kier alpha value is -2.28. The van der Waals surface area contributed by atoms with Crippen LogP contribution in [0.4, 0.5) is 16.2 Å². The molecule has 2 fully saturated rings. The highest BCUT2D eigenvalue weighted by molar-refractivity contribution is 5.92. The minimum absolute atomic E-state index is 0.0671. The maximum Gasteiger partial charge on any atom is 0.316 e. The number of hydrogen-bond donors (Lipinski definition) is 3. The third kappa shape index (κ3) is 5.38. The highest BCUT2D eigenvalue weighted by atomic mass is 16.5. The van der Waals surface area contributed by atoms with E-state index in [4.69, 9.17) is 10.5 Å². The smallest absolute Gasteiger partial charge is 0.316 e. The average molecular weight is 389 g/mol. The quantitative estimate of drug-likeness (QED) is 0.599. The van der Waals surface area contributed by atoms with Gasteiger partial charge in [-0.25, -0.2) is 4.79 Å². The van der Waals surface area contributed by atoms with E-state index in [-0.39, 0.29) is 12.3 Å². The molecule has 1 atom stereocenters. The Kier molecular flexibility index (Phi) is 6.78. The molecule has 154 valence electrons. The summed E-state index contributed by atoms with van der Waals surface area (Å²) in [4.78, 5) is 25.3. The minimum atomic E-state index is -0.821. The molecule has 1 saturated carbocycles. The van der Waals surface area contributed by atoms with Gasteiger partial charge < -0.3 is 25.8 Å². The molecular weight excluding hydrogens is 358 g/mol. The van der Waals surface area contributed by atoms with Gasteiger partial charge in [0, 0.05) is 25.8 Å². The Bertz CT molecular complexity index is 699. The summed E-state index contributed by atoms with van der Waals surface area (Å²) in [6.45, 7) is 4.44. The molecule has 28 heavy (non-hydrogen) atoms. The SMILES string of the molecule is CCC(CC(=O)O)c1ccc(N(CC2CC2)C2CCOCC2)c(NC(N)=O)c1. The van der Waals surface area contributed by atoms with E-state index in [9.17, 15) is 14.7 Å². The van der Waals surface area contributed by atoms with Crippen molar-refractivity contribution in [2.24, 2.45) is 11.7 Å². The third-order valence-electron chi connectivity index (χ3n) is 5.76. The summed E-state index contributed by atoms with van der Waals surface area (Å²) in [7, 11) is 0. The van der Waals surface area contributed by atoms with Crippen LogP contribution in [-0.2, 0) is 9.53 Å². The maximum atomic E-state index is 11.7. The van der Waals surface area contributed by atoms with Crippen LogP contribution >= 0.6 is 0 Å². The molecule has 0 radical (unpaired) electrons. The van der Waals surface area contributed by atoms with Crippen LogP contribution in [0.15, 0.2) is 18.2 Å². The predicted octanol–water partition coefficient (Wildman–Crippen LogP) is 3.54. The summed E-state index contributed by atoms with van der Waals surface area (Å²) in [6, 6.07) is 5.68. The van der Waals surface area contributed by atoms with Crippen molar-refractivity contribution in [3.05, 3.63) is 23.8 Å². The zero-order chi connectivity index (χ0) is 20.1. The highest BCUT2D eigenvalue weighted by Gasteiger charge is 2.31. The number of carboxylic acid groups (broad SMARTS) is 1. The van der Waals surface area contributed by atoms with Crippen LogP contribution in [0.5, 0.6) is 0 Å². The topological polar surface area (TPSA) is 105 Å². The van der Waals surface area contributed by atoms with Gasteiger partial charge in [-0.15, -0.1) is 0 Å². The fourth-order valence-corrected chi connectivity index (χ4v) is 4.02. The fraction of sp³-hybridized carbons (Fsp3) is 0.619. The molecule has 3 rings (SSSR count). The van der Waals surface area contributed by atoms with Gasteiger partial charge in [-0.3, -0.25) is 4.79 Å². The first kappa shape index (κ1) is 20.5. The Morgan fingerprint density at radius 1 is 1.29 bits per heavy atom. The standard InChI is InChI=1S/C21H31N3O4/c1-2-15(12-20(25)26)16-5-6-19(18(11-16)23-21(22)27)24(13-14-3-4-14)17-7-9-28-10-8-17/h5-6,11,14-15,17H,2-4,7-10,12-13H2,1H3,(H,25,26)(H3,22,23,27). The Balaban J connectivity index is 1.93. The Morgan fingerprint density at radius 2 is 2.00 bits per heavy atom. The van der Waals surface area contributed by atoms with E-state index >= 15 is 0 Å². The van der Waals surface area contributed by atoms with E-state index in [1.54, 1.807) is 0 Å². The second-order valence-electron chi connectivity index (χ2n) is 7.91. The molecule has 1 unspecified atom stereocenters. The number of urea groups is 1. The number of aliphatic carboxylic acids is 1. The second kappa shape index (κ2) is 9.28. The van der Waals surface area contributed by atoms with Crippen LogP contribution in [0.1, 0.15) is 56.9 Å². The number of anilines is 2. The van der Waals surface area contributed by atoms with Crippen molar-refractivity contribution < 1.29 is 19.4 Å². The van der Waals surface area contributed by atoms with Crippen molar-refractivity contribution >= 4 is 23.4 Å². The van der Waals surface area contributed by atoms with E-state index in [2.05, 4.69) is 10.2 Å². The van der Waals surface area contributed by atoms with Gasteiger partial charge in [-0.1, -0.05) is 13.0 Å². The van der Waals surface area contributed by atoms with Gasteiger partial charge in [-0.2, -0.15) is 0 Å². The largest absolute Gasteiger partial charge is 0.481 e. The summed E-state index contributed by atoms with van der Waals surface area (Å²) < 4.78 is 5.53. The van der Waals surface area contributed by atoms with Crippen LogP contribution in [0, 0.1) is 5.92 Å². The Labute approximate surface area is 166 Å². The molecule has 1 aliphatic heterocycles. The zero-order valence-electron chi connectivity index (χ0n) is 16.5. The van der Waals surface area contributed by atoms with Crippen molar-refractivity contribution in [1.82, 2.24) is 0 Å². The van der Waals surface area contributed by atoms with Crippen molar-refractivity contribution in [3.63, 3.8) is 0 Å². The number of carbonyl (C=O) groups excluding carboxylic acids is 1. The molecule has 1 saturated heterocycles. The van der Waals surface area contributed by atoms with Crippen LogP contribution < -0.4 is 16.0 Å². The number of nitrogens with two attached hydrogens (primary N) is 1. The lowest BCUT2D eigenvalue weighted by Crippen LogP contribution is -2.41. The molecule has 1 heterocycles. The van der Waals surface area contributed by atoms with E-state index < -0.39 is 12.0 Å². The van der Waals surface area contributed by atoms with Gasteiger partial charge in [0.25, 0.3) is 0 Å². The van der Waals surface area contributed by atoms with Gasteiger partial charge in [0.2, 0.25) is 0 Å². The van der Waals surface area contributed by atoms with Crippen LogP contribution in [0.2, 0.25) is 0 Å². The van der Waals surface area contributed by atoms with Crippen LogP contribution in [0.3, 0.4) is 0 Å². The lowest BCUT2D eigenvalue weighted by atomic mass is 9.92. The van der Waals surface area contributed by atoms with Crippen LogP contribution in [-0.4, -0.2) is 42.9 Å². The van der Waals surface area contributed by atoms with Crippen LogP contribution in [0.25, 0.3) is 0 Å². The van der Waals surface area contributed by atoms with Gasteiger partial charge in [0.1, 0.15) is 0 Å². The molecule has 2 amide bonds. The first-order valence-electron chi connectivity index (χ1n) is 10.2. The molecule has 0 bridgehead atoms.